The molecule has 2 amide bonds. The third kappa shape index (κ3) is 4.17. The van der Waals surface area contributed by atoms with Gasteiger partial charge in [0, 0.05) is 19.0 Å². The van der Waals surface area contributed by atoms with E-state index in [9.17, 15) is 18.4 Å². The second kappa shape index (κ2) is 6.67. The van der Waals surface area contributed by atoms with Gasteiger partial charge in [-0.25, -0.2) is 8.78 Å². The molecule has 1 aliphatic rings. The van der Waals surface area contributed by atoms with Crippen LogP contribution in [0.5, 0.6) is 0 Å². The molecule has 5 nitrogen and oxygen atoms in total. The van der Waals surface area contributed by atoms with E-state index < -0.39 is 17.5 Å². The van der Waals surface area contributed by atoms with Crippen molar-refractivity contribution in [3.8, 4) is 0 Å². The summed E-state index contributed by atoms with van der Waals surface area (Å²) in [5.74, 6) is -2.00. The van der Waals surface area contributed by atoms with Crippen LogP contribution >= 0.6 is 11.8 Å². The lowest BCUT2D eigenvalue weighted by molar-refractivity contribution is -0.122. The molecule has 1 unspecified atom stereocenters. The number of anilines is 1. The van der Waals surface area contributed by atoms with Crippen molar-refractivity contribution in [3.05, 3.63) is 29.8 Å². The van der Waals surface area contributed by atoms with Gasteiger partial charge in [-0.2, -0.15) is 0 Å². The average molecular weight is 301 g/mol. The summed E-state index contributed by atoms with van der Waals surface area (Å²) in [7, 11) is 0. The van der Waals surface area contributed by atoms with E-state index in [1.54, 1.807) is 0 Å². The Hall–Kier alpha value is -1.67. The number of benzene rings is 1. The van der Waals surface area contributed by atoms with Crippen molar-refractivity contribution in [2.75, 3.05) is 17.6 Å². The highest BCUT2D eigenvalue weighted by Gasteiger charge is 2.18. The van der Waals surface area contributed by atoms with Crippen molar-refractivity contribution in [2.24, 2.45) is 0 Å². The molecule has 1 saturated heterocycles. The van der Waals surface area contributed by atoms with Crippen LogP contribution in [0.4, 0.5) is 14.5 Å². The molecule has 0 aromatic heterocycles. The summed E-state index contributed by atoms with van der Waals surface area (Å²) in [6.45, 7) is 0.553. The molecule has 1 aliphatic heterocycles. The highest BCUT2D eigenvalue weighted by atomic mass is 32.2. The fourth-order valence-corrected chi connectivity index (χ4v) is 2.46. The first kappa shape index (κ1) is 14.7. The van der Waals surface area contributed by atoms with Crippen LogP contribution in [-0.4, -0.2) is 29.6 Å². The highest BCUT2D eigenvalue weighted by Crippen LogP contribution is 2.16. The van der Waals surface area contributed by atoms with Gasteiger partial charge in [-0.15, -0.1) is 11.8 Å². The third-order valence-electron chi connectivity index (χ3n) is 2.56. The molecule has 0 radical (unpaired) electrons. The molecule has 0 saturated carbocycles. The molecular formula is C12H13F2N3O2S. The molecule has 0 aliphatic carbocycles. The summed E-state index contributed by atoms with van der Waals surface area (Å²) >= 11 is 1.19. The maximum atomic E-state index is 13.3. The van der Waals surface area contributed by atoms with Gasteiger partial charge in [0.05, 0.1) is 11.4 Å². The predicted octanol–water partition coefficient (Wildman–Crippen LogP) is 1.03. The summed E-state index contributed by atoms with van der Waals surface area (Å²) in [6.07, 6.45) is 0.407. The topological polar surface area (TPSA) is 70.2 Å². The minimum atomic E-state index is -0.826. The maximum absolute atomic E-state index is 13.3. The summed E-state index contributed by atoms with van der Waals surface area (Å²) < 4.78 is 26.0. The molecular weight excluding hydrogens is 288 g/mol. The SMILES string of the molecule is O=C(CSC1NCCC(=O)N1)Nc1ccc(F)cc1F. The van der Waals surface area contributed by atoms with Crippen LogP contribution in [0.3, 0.4) is 0 Å². The smallest absolute Gasteiger partial charge is 0.234 e. The molecule has 1 aromatic carbocycles. The molecule has 1 fully saturated rings. The molecule has 1 heterocycles. The number of hydrogen-bond donors (Lipinski definition) is 3. The molecule has 1 aromatic rings. The summed E-state index contributed by atoms with van der Waals surface area (Å²) in [4.78, 5) is 22.8. The minimum Gasteiger partial charge on any atom is -0.332 e. The third-order valence-corrected chi connectivity index (χ3v) is 3.61. The second-order valence-electron chi connectivity index (χ2n) is 4.14. The largest absolute Gasteiger partial charge is 0.332 e. The number of amides is 2. The van der Waals surface area contributed by atoms with Crippen molar-refractivity contribution in [3.63, 3.8) is 0 Å². The zero-order valence-corrected chi connectivity index (χ0v) is 11.2. The number of nitrogens with one attached hydrogen (secondary N) is 3. The fraction of sp³-hybridized carbons (Fsp3) is 0.333. The Balaban J connectivity index is 1.81. The Bertz CT molecular complexity index is 527. The molecule has 108 valence electrons. The molecule has 1 atom stereocenters. The molecule has 8 heteroatoms. The number of halogens is 2. The Kier molecular flexibility index (Phi) is 4.91. The maximum Gasteiger partial charge on any atom is 0.234 e. The van der Waals surface area contributed by atoms with Gasteiger partial charge in [-0.1, -0.05) is 0 Å². The zero-order valence-electron chi connectivity index (χ0n) is 10.4. The van der Waals surface area contributed by atoms with Crippen LogP contribution in [-0.2, 0) is 9.59 Å². The van der Waals surface area contributed by atoms with Crippen molar-refractivity contribution in [2.45, 2.75) is 11.9 Å². The Labute approximate surface area is 118 Å². The van der Waals surface area contributed by atoms with Crippen molar-refractivity contribution in [1.29, 1.82) is 0 Å². The number of carbonyl (C=O) groups excluding carboxylic acids is 2. The summed E-state index contributed by atoms with van der Waals surface area (Å²) in [5.41, 5.74) is -0.405. The minimum absolute atomic E-state index is 0.0365. The van der Waals surface area contributed by atoms with Gasteiger partial charge >= 0.3 is 0 Å². The number of carbonyl (C=O) groups is 2. The quantitative estimate of drug-likeness (QED) is 0.777. The molecule has 20 heavy (non-hydrogen) atoms. The van der Waals surface area contributed by atoms with Crippen LogP contribution in [0.25, 0.3) is 0 Å². The van der Waals surface area contributed by atoms with Gasteiger partial charge in [0.2, 0.25) is 11.8 Å². The molecule has 0 spiro atoms. The van der Waals surface area contributed by atoms with E-state index in [2.05, 4.69) is 16.0 Å². The van der Waals surface area contributed by atoms with Crippen molar-refractivity contribution >= 4 is 29.3 Å². The summed E-state index contributed by atoms with van der Waals surface area (Å²) in [5, 5.41) is 8.02. The van der Waals surface area contributed by atoms with E-state index in [1.807, 2.05) is 0 Å². The van der Waals surface area contributed by atoms with E-state index >= 15 is 0 Å². The monoisotopic (exact) mass is 301 g/mol. The lowest BCUT2D eigenvalue weighted by atomic mass is 10.3. The van der Waals surface area contributed by atoms with Gasteiger partial charge in [0.1, 0.15) is 17.1 Å². The highest BCUT2D eigenvalue weighted by molar-refractivity contribution is 8.00. The standard InChI is InChI=1S/C12H13F2N3O2S/c13-7-1-2-9(8(14)5-7)16-11(19)6-20-12-15-4-3-10(18)17-12/h1-2,5,12,15H,3-4,6H2,(H,16,19)(H,17,18). The lowest BCUT2D eigenvalue weighted by Crippen LogP contribution is -2.49. The molecule has 0 bridgehead atoms. The molecule has 3 N–H and O–H groups in total. The zero-order chi connectivity index (χ0) is 14.5. The fourth-order valence-electron chi connectivity index (χ4n) is 1.62. The van der Waals surface area contributed by atoms with E-state index in [0.717, 1.165) is 12.1 Å². The first-order chi connectivity index (χ1) is 9.54. The van der Waals surface area contributed by atoms with Crippen LogP contribution in [0, 0.1) is 11.6 Å². The normalized spacial score (nSPS) is 18.5. The van der Waals surface area contributed by atoms with Gasteiger partial charge in [0.25, 0.3) is 0 Å². The van der Waals surface area contributed by atoms with Gasteiger partial charge in [-0.3, -0.25) is 14.9 Å². The average Bonchev–Trinajstić information content (AvgIpc) is 2.40. The first-order valence-electron chi connectivity index (χ1n) is 5.94. The first-order valence-corrected chi connectivity index (χ1v) is 6.99. The van der Waals surface area contributed by atoms with E-state index in [1.165, 1.54) is 11.8 Å². The van der Waals surface area contributed by atoms with Crippen molar-refractivity contribution < 1.29 is 18.4 Å². The van der Waals surface area contributed by atoms with Crippen LogP contribution in [0.1, 0.15) is 6.42 Å². The van der Waals surface area contributed by atoms with E-state index in [4.69, 9.17) is 0 Å². The number of thioether (sulfide) groups is 1. The van der Waals surface area contributed by atoms with Crippen LogP contribution in [0.2, 0.25) is 0 Å². The molecule has 2 rings (SSSR count). The van der Waals surface area contributed by atoms with E-state index in [-0.39, 0.29) is 22.8 Å². The Morgan fingerprint density at radius 2 is 2.25 bits per heavy atom. The Morgan fingerprint density at radius 3 is 2.95 bits per heavy atom. The number of hydrogen-bond acceptors (Lipinski definition) is 4. The van der Waals surface area contributed by atoms with E-state index in [0.29, 0.717) is 19.0 Å². The van der Waals surface area contributed by atoms with Gasteiger partial charge in [0.15, 0.2) is 0 Å². The lowest BCUT2D eigenvalue weighted by Gasteiger charge is -2.23. The Morgan fingerprint density at radius 1 is 1.45 bits per heavy atom. The van der Waals surface area contributed by atoms with Gasteiger partial charge in [-0.05, 0) is 12.1 Å². The van der Waals surface area contributed by atoms with Crippen LogP contribution < -0.4 is 16.0 Å². The summed E-state index contributed by atoms with van der Waals surface area (Å²) in [6, 6.07) is 2.92. The van der Waals surface area contributed by atoms with Gasteiger partial charge < -0.3 is 10.6 Å². The predicted molar refractivity (Wildman–Crippen MR) is 72.0 cm³/mol. The number of rotatable bonds is 4. The van der Waals surface area contributed by atoms with Crippen LogP contribution in [0.15, 0.2) is 18.2 Å². The second-order valence-corrected chi connectivity index (χ2v) is 5.23. The van der Waals surface area contributed by atoms with Crippen molar-refractivity contribution in [1.82, 2.24) is 10.6 Å².